The predicted octanol–water partition coefficient (Wildman–Crippen LogP) is 1.39. The maximum Gasteiger partial charge on any atom is 0.164 e. The van der Waals surface area contributed by atoms with Crippen molar-refractivity contribution in [2.75, 3.05) is 0 Å². The molecule has 2 saturated heterocycles. The van der Waals surface area contributed by atoms with Gasteiger partial charge in [0.05, 0.1) is 6.10 Å². The normalized spacial score (nSPS) is 39.8. The van der Waals surface area contributed by atoms with Crippen molar-refractivity contribution in [2.45, 2.75) is 63.2 Å². The summed E-state index contributed by atoms with van der Waals surface area (Å²) in [6, 6.07) is 9.20. The van der Waals surface area contributed by atoms with Crippen molar-refractivity contribution in [3.05, 3.63) is 35.9 Å². The zero-order valence-corrected chi connectivity index (χ0v) is 12.5. The van der Waals surface area contributed by atoms with E-state index in [9.17, 15) is 10.2 Å². The van der Waals surface area contributed by atoms with Crippen LogP contribution in [0.15, 0.2) is 30.3 Å². The number of aliphatic hydroxyl groups is 2. The van der Waals surface area contributed by atoms with E-state index < -0.39 is 30.2 Å². The number of aliphatic hydroxyl groups excluding tert-OH is 2. The smallest absolute Gasteiger partial charge is 0.164 e. The minimum Gasteiger partial charge on any atom is -0.387 e. The molecule has 5 heteroatoms. The molecule has 0 bridgehead atoms. The van der Waals surface area contributed by atoms with Crippen molar-refractivity contribution in [3.63, 3.8) is 0 Å². The first-order valence-electron chi connectivity index (χ1n) is 7.31. The summed E-state index contributed by atoms with van der Waals surface area (Å²) in [5.74, 6) is -0.749. The van der Waals surface area contributed by atoms with Crippen LogP contribution in [0, 0.1) is 0 Å². The maximum atomic E-state index is 10.5. The first-order valence-corrected chi connectivity index (χ1v) is 7.31. The third-order valence-corrected chi connectivity index (χ3v) is 4.12. The fourth-order valence-corrected chi connectivity index (χ4v) is 3.14. The van der Waals surface area contributed by atoms with Crippen molar-refractivity contribution in [3.8, 4) is 0 Å². The van der Waals surface area contributed by atoms with Crippen LogP contribution in [0.2, 0.25) is 0 Å². The number of hydrogen-bond acceptors (Lipinski definition) is 5. The van der Waals surface area contributed by atoms with Crippen LogP contribution in [-0.2, 0) is 14.2 Å². The summed E-state index contributed by atoms with van der Waals surface area (Å²) >= 11 is 0. The van der Waals surface area contributed by atoms with E-state index in [-0.39, 0.29) is 12.2 Å². The van der Waals surface area contributed by atoms with Gasteiger partial charge in [-0.25, -0.2) is 0 Å². The second-order valence-corrected chi connectivity index (χ2v) is 6.22. The van der Waals surface area contributed by atoms with Crippen LogP contribution in [0.4, 0.5) is 0 Å². The van der Waals surface area contributed by atoms with Gasteiger partial charge in [-0.1, -0.05) is 30.3 Å². The highest BCUT2D eigenvalue weighted by atomic mass is 16.8. The minimum absolute atomic E-state index is 0.261. The van der Waals surface area contributed by atoms with Crippen LogP contribution in [0.25, 0.3) is 0 Å². The van der Waals surface area contributed by atoms with E-state index in [0.29, 0.717) is 5.56 Å². The summed E-state index contributed by atoms with van der Waals surface area (Å²) in [6.45, 7) is 5.50. The lowest BCUT2D eigenvalue weighted by molar-refractivity contribution is -0.211. The molecule has 21 heavy (non-hydrogen) atoms. The van der Waals surface area contributed by atoms with Crippen molar-refractivity contribution in [2.24, 2.45) is 0 Å². The molecule has 2 aliphatic rings. The first-order chi connectivity index (χ1) is 9.89. The second-order valence-electron chi connectivity index (χ2n) is 6.22. The molecule has 1 aromatic rings. The van der Waals surface area contributed by atoms with E-state index in [1.54, 1.807) is 0 Å². The summed E-state index contributed by atoms with van der Waals surface area (Å²) < 4.78 is 17.4. The van der Waals surface area contributed by atoms with E-state index in [0.717, 1.165) is 0 Å². The molecule has 116 valence electrons. The topological polar surface area (TPSA) is 68.2 Å². The molecule has 0 amide bonds. The van der Waals surface area contributed by atoms with Crippen LogP contribution in [0.1, 0.15) is 32.4 Å². The Bertz CT molecular complexity index is 489. The lowest BCUT2D eigenvalue weighted by Crippen LogP contribution is -2.56. The van der Waals surface area contributed by atoms with Crippen LogP contribution < -0.4 is 0 Å². The quantitative estimate of drug-likeness (QED) is 0.862. The Hall–Kier alpha value is -0.980. The van der Waals surface area contributed by atoms with Crippen LogP contribution in [0.5, 0.6) is 0 Å². The van der Waals surface area contributed by atoms with Crippen molar-refractivity contribution in [1.29, 1.82) is 0 Å². The van der Waals surface area contributed by atoms with Gasteiger partial charge in [0.15, 0.2) is 5.79 Å². The lowest BCUT2D eigenvalue weighted by atomic mass is 9.90. The van der Waals surface area contributed by atoms with Gasteiger partial charge >= 0.3 is 0 Å². The van der Waals surface area contributed by atoms with Gasteiger partial charge < -0.3 is 24.4 Å². The highest BCUT2D eigenvalue weighted by Gasteiger charge is 2.54. The Morgan fingerprint density at radius 1 is 1.10 bits per heavy atom. The summed E-state index contributed by atoms with van der Waals surface area (Å²) in [4.78, 5) is 0. The van der Waals surface area contributed by atoms with Crippen molar-refractivity contribution >= 4 is 0 Å². The molecule has 0 radical (unpaired) electrons. The highest BCUT2D eigenvalue weighted by molar-refractivity contribution is 5.19. The zero-order chi connectivity index (χ0) is 15.2. The Morgan fingerprint density at radius 2 is 1.71 bits per heavy atom. The molecular weight excluding hydrogens is 272 g/mol. The predicted molar refractivity (Wildman–Crippen MR) is 75.6 cm³/mol. The molecule has 0 saturated carbocycles. The van der Waals surface area contributed by atoms with Gasteiger partial charge in [-0.05, 0) is 26.3 Å². The van der Waals surface area contributed by atoms with E-state index in [2.05, 4.69) is 0 Å². The first kappa shape index (κ1) is 14.9. The third-order valence-electron chi connectivity index (χ3n) is 4.12. The van der Waals surface area contributed by atoms with Gasteiger partial charge in [0, 0.05) is 0 Å². The fraction of sp³-hybridized carbons (Fsp3) is 0.625. The Labute approximate surface area is 124 Å². The zero-order valence-electron chi connectivity index (χ0n) is 12.5. The molecular formula is C16H22O5. The minimum atomic E-state index is -0.941. The molecule has 0 aromatic heterocycles. The number of fused-ring (bicyclic) bond motifs is 1. The highest BCUT2D eigenvalue weighted by Crippen LogP contribution is 2.40. The molecule has 1 aromatic carbocycles. The molecule has 6 atom stereocenters. The van der Waals surface area contributed by atoms with E-state index in [1.807, 2.05) is 51.1 Å². The van der Waals surface area contributed by atoms with Gasteiger partial charge in [-0.15, -0.1) is 0 Å². The Balaban J connectivity index is 1.82. The Kier molecular flexibility index (Phi) is 3.80. The SMILES string of the molecule is C[C@@H]1O[C@@H]([C@H](O)c2ccccc2)[C@@H](O)[C@@H]2OC(C)(C)O[C@@H]21. The molecule has 0 spiro atoms. The van der Waals surface area contributed by atoms with Crippen LogP contribution >= 0.6 is 0 Å². The van der Waals surface area contributed by atoms with Crippen molar-refractivity contribution < 1.29 is 24.4 Å². The van der Waals surface area contributed by atoms with Crippen molar-refractivity contribution in [1.82, 2.24) is 0 Å². The molecule has 0 unspecified atom stereocenters. The molecule has 3 rings (SSSR count). The van der Waals surface area contributed by atoms with Crippen LogP contribution in [0.3, 0.4) is 0 Å². The summed E-state index contributed by atoms with van der Waals surface area (Å²) in [5.41, 5.74) is 0.713. The number of hydrogen-bond donors (Lipinski definition) is 2. The standard InChI is InChI=1S/C16H22O5/c1-9-13-15(21-16(2,3)20-13)12(18)14(19-9)11(17)10-7-5-4-6-8-10/h4-9,11-15,17-18H,1-3H3/t9-,11+,12+,13+,14-,15-/m0/s1. The number of benzene rings is 1. The number of ether oxygens (including phenoxy) is 3. The average Bonchev–Trinajstić information content (AvgIpc) is 2.80. The lowest BCUT2D eigenvalue weighted by Gasteiger charge is -2.40. The second kappa shape index (κ2) is 5.34. The van der Waals surface area contributed by atoms with Gasteiger partial charge in [-0.3, -0.25) is 0 Å². The molecule has 2 N–H and O–H groups in total. The summed E-state index contributed by atoms with van der Waals surface area (Å²) in [6.07, 6.45) is -3.66. The van der Waals surface area contributed by atoms with Gasteiger partial charge in [-0.2, -0.15) is 0 Å². The van der Waals surface area contributed by atoms with Crippen LogP contribution in [-0.4, -0.2) is 46.5 Å². The van der Waals surface area contributed by atoms with Gasteiger partial charge in [0.2, 0.25) is 0 Å². The Morgan fingerprint density at radius 3 is 2.38 bits per heavy atom. The molecule has 2 fully saturated rings. The molecule has 2 heterocycles. The van der Waals surface area contributed by atoms with E-state index in [1.165, 1.54) is 0 Å². The average molecular weight is 294 g/mol. The maximum absolute atomic E-state index is 10.5. The third kappa shape index (κ3) is 2.72. The summed E-state index contributed by atoms with van der Waals surface area (Å²) in [5, 5.41) is 21.0. The fourth-order valence-electron chi connectivity index (χ4n) is 3.14. The largest absolute Gasteiger partial charge is 0.387 e. The molecule has 2 aliphatic heterocycles. The summed E-state index contributed by atoms with van der Waals surface area (Å²) in [7, 11) is 0. The van der Waals surface area contributed by atoms with Gasteiger partial charge in [0.1, 0.15) is 30.5 Å². The molecule has 0 aliphatic carbocycles. The van der Waals surface area contributed by atoms with E-state index >= 15 is 0 Å². The monoisotopic (exact) mass is 294 g/mol. The number of rotatable bonds is 2. The van der Waals surface area contributed by atoms with E-state index in [4.69, 9.17) is 14.2 Å². The van der Waals surface area contributed by atoms with Gasteiger partial charge in [0.25, 0.3) is 0 Å². The molecule has 5 nitrogen and oxygen atoms in total.